The molecule has 0 atom stereocenters. The van der Waals surface area contributed by atoms with Crippen LogP contribution in [0.25, 0.3) is 0 Å². The highest BCUT2D eigenvalue weighted by atomic mass is 32.2. The van der Waals surface area contributed by atoms with Crippen molar-refractivity contribution in [2.75, 3.05) is 6.26 Å². The molecule has 0 unspecified atom stereocenters. The van der Waals surface area contributed by atoms with Gasteiger partial charge in [0.15, 0.2) is 9.84 Å². The lowest BCUT2D eigenvalue weighted by molar-refractivity contribution is 0.607. The van der Waals surface area contributed by atoms with Gasteiger partial charge in [0.05, 0.1) is 0 Å². The maximum Gasteiger partial charge on any atom is 0.192 e. The van der Waals surface area contributed by atoms with Crippen molar-refractivity contribution < 1.29 is 8.42 Å². The van der Waals surface area contributed by atoms with E-state index in [2.05, 4.69) is 18.2 Å². The fourth-order valence-corrected chi connectivity index (χ4v) is 0.635. The van der Waals surface area contributed by atoms with E-state index in [1.54, 1.807) is 6.92 Å². The Morgan fingerprint density at radius 3 is 2.27 bits per heavy atom. The third-order valence-corrected chi connectivity index (χ3v) is 1.97. The Labute approximate surface area is 67.1 Å². The molecular weight excluding hydrogens is 162 g/mol. The Balaban J connectivity index is 4.70. The van der Waals surface area contributed by atoms with Crippen molar-refractivity contribution in [2.24, 2.45) is 4.99 Å². The minimum atomic E-state index is -3.24. The molecule has 0 aromatic heterocycles. The largest absolute Gasteiger partial charge is 0.242 e. The molecule has 0 bridgehead atoms. The molecule has 4 heteroatoms. The molecule has 0 N–H and O–H groups in total. The molecule has 0 spiro atoms. The van der Waals surface area contributed by atoms with E-state index >= 15 is 0 Å². The van der Waals surface area contributed by atoms with Crippen molar-refractivity contribution in [2.45, 2.75) is 6.92 Å². The molecule has 0 radical (unpaired) electrons. The van der Waals surface area contributed by atoms with Crippen LogP contribution in [0.2, 0.25) is 0 Å². The molecule has 0 rings (SSSR count). The number of sulfone groups is 1. The third-order valence-electron chi connectivity index (χ3n) is 1.02. The molecule has 0 amide bonds. The van der Waals surface area contributed by atoms with Gasteiger partial charge in [0, 0.05) is 12.0 Å². The fourth-order valence-electron chi connectivity index (χ4n) is 0.325. The quantitative estimate of drug-likeness (QED) is 0.601. The summed E-state index contributed by atoms with van der Waals surface area (Å²) in [6, 6.07) is 0. The van der Waals surface area contributed by atoms with Crippen molar-refractivity contribution in [1.29, 1.82) is 0 Å². The summed E-state index contributed by atoms with van der Waals surface area (Å²) in [5.74, 6) is 0. The van der Waals surface area contributed by atoms with Crippen LogP contribution in [-0.2, 0) is 9.84 Å². The number of rotatable bonds is 3. The number of nitrogens with zero attached hydrogens (tertiary/aromatic N) is 1. The maximum absolute atomic E-state index is 10.7. The van der Waals surface area contributed by atoms with E-state index in [9.17, 15) is 8.42 Å². The lowest BCUT2D eigenvalue weighted by Crippen LogP contribution is -1.98. The Kier molecular flexibility index (Phi) is 3.19. The summed E-state index contributed by atoms with van der Waals surface area (Å²) in [6.45, 7) is 8.38. The molecule has 0 saturated heterocycles. The molecule has 0 heterocycles. The van der Waals surface area contributed by atoms with E-state index in [-0.39, 0.29) is 5.03 Å². The van der Waals surface area contributed by atoms with Crippen LogP contribution in [0.4, 0.5) is 0 Å². The predicted octanol–water partition coefficient (Wildman–Crippen LogP) is 1.15. The Hall–Kier alpha value is -0.900. The highest BCUT2D eigenvalue weighted by Gasteiger charge is 2.05. The summed E-state index contributed by atoms with van der Waals surface area (Å²) in [5, 5.41) is -0.130. The van der Waals surface area contributed by atoms with Gasteiger partial charge in [0.2, 0.25) is 0 Å². The third kappa shape index (κ3) is 3.72. The van der Waals surface area contributed by atoms with Gasteiger partial charge in [-0.05, 0) is 13.0 Å². The first-order chi connectivity index (χ1) is 4.88. The molecule has 0 aromatic carbocycles. The summed E-state index contributed by atoms with van der Waals surface area (Å²) in [5.41, 5.74) is 0.542. The predicted molar refractivity (Wildman–Crippen MR) is 47.3 cm³/mol. The van der Waals surface area contributed by atoms with Crippen LogP contribution in [0, 0.1) is 0 Å². The second-order valence-electron chi connectivity index (χ2n) is 2.12. The normalized spacial score (nSPS) is 12.7. The van der Waals surface area contributed by atoms with Crippen LogP contribution < -0.4 is 0 Å². The molecule has 0 saturated carbocycles. The van der Waals surface area contributed by atoms with Gasteiger partial charge < -0.3 is 0 Å². The van der Waals surface area contributed by atoms with Crippen LogP contribution in [-0.4, -0.2) is 20.4 Å². The van der Waals surface area contributed by atoms with Crippen LogP contribution in [0.3, 0.4) is 0 Å². The van der Waals surface area contributed by atoms with Gasteiger partial charge in [-0.1, -0.05) is 13.2 Å². The molecule has 0 aliphatic carbocycles. The van der Waals surface area contributed by atoms with E-state index < -0.39 is 9.84 Å². The standard InChI is InChI=1S/C7H11NO2S/c1-5-6(2)8-7(3)11(4,9)10/h5H,1,3H2,2,4H3/b8-6-. The van der Waals surface area contributed by atoms with Gasteiger partial charge in [-0.3, -0.25) is 0 Å². The lowest BCUT2D eigenvalue weighted by atomic mass is 10.4. The molecule has 11 heavy (non-hydrogen) atoms. The first-order valence-corrected chi connectivity index (χ1v) is 4.83. The minimum Gasteiger partial charge on any atom is -0.242 e. The van der Waals surface area contributed by atoms with Crippen LogP contribution in [0.15, 0.2) is 29.3 Å². The summed E-state index contributed by atoms with van der Waals surface area (Å²) >= 11 is 0. The summed E-state index contributed by atoms with van der Waals surface area (Å²) in [4.78, 5) is 3.68. The highest BCUT2D eigenvalue weighted by Crippen LogP contribution is 2.02. The minimum absolute atomic E-state index is 0.130. The van der Waals surface area contributed by atoms with E-state index in [4.69, 9.17) is 0 Å². The molecule has 0 aromatic rings. The van der Waals surface area contributed by atoms with E-state index in [1.807, 2.05) is 0 Å². The van der Waals surface area contributed by atoms with Gasteiger partial charge in [0.25, 0.3) is 0 Å². The summed E-state index contributed by atoms with van der Waals surface area (Å²) in [7, 11) is -3.24. The van der Waals surface area contributed by atoms with Crippen molar-refractivity contribution in [1.82, 2.24) is 0 Å². The van der Waals surface area contributed by atoms with Gasteiger partial charge >= 0.3 is 0 Å². The summed E-state index contributed by atoms with van der Waals surface area (Å²) < 4.78 is 21.5. The van der Waals surface area contributed by atoms with Crippen molar-refractivity contribution in [3.8, 4) is 0 Å². The second-order valence-corrected chi connectivity index (χ2v) is 4.14. The first kappa shape index (κ1) is 10.1. The number of allylic oxidation sites excluding steroid dienone is 1. The average Bonchev–Trinajstić information content (AvgIpc) is 1.85. The zero-order chi connectivity index (χ0) is 9.07. The molecule has 0 fully saturated rings. The lowest BCUT2D eigenvalue weighted by Gasteiger charge is -1.95. The number of aliphatic imine (C=N–C) groups is 1. The van der Waals surface area contributed by atoms with Crippen LogP contribution in [0.1, 0.15) is 6.92 Å². The maximum atomic E-state index is 10.7. The SMILES string of the molecule is C=C/C(C)=N\C(=C)S(C)(=O)=O. The van der Waals surface area contributed by atoms with E-state index in [0.717, 1.165) is 6.26 Å². The second kappa shape index (κ2) is 3.48. The van der Waals surface area contributed by atoms with Gasteiger partial charge in [-0.15, -0.1) is 0 Å². The summed E-state index contributed by atoms with van der Waals surface area (Å²) in [6.07, 6.45) is 2.53. The van der Waals surface area contributed by atoms with Gasteiger partial charge in [-0.2, -0.15) is 0 Å². The van der Waals surface area contributed by atoms with E-state index in [0.29, 0.717) is 5.71 Å². The van der Waals surface area contributed by atoms with Crippen LogP contribution >= 0.6 is 0 Å². The molecule has 0 aliphatic heterocycles. The average molecular weight is 173 g/mol. The Morgan fingerprint density at radius 1 is 1.55 bits per heavy atom. The number of hydrogen-bond acceptors (Lipinski definition) is 3. The zero-order valence-electron chi connectivity index (χ0n) is 6.66. The van der Waals surface area contributed by atoms with Gasteiger partial charge in [0.1, 0.15) is 5.03 Å². The van der Waals surface area contributed by atoms with Crippen molar-refractivity contribution >= 4 is 15.5 Å². The van der Waals surface area contributed by atoms with Crippen LogP contribution in [0.5, 0.6) is 0 Å². The zero-order valence-corrected chi connectivity index (χ0v) is 7.48. The van der Waals surface area contributed by atoms with E-state index in [1.165, 1.54) is 6.08 Å². The molecular formula is C7H11NO2S. The molecule has 0 aliphatic rings. The fraction of sp³-hybridized carbons (Fsp3) is 0.286. The van der Waals surface area contributed by atoms with Gasteiger partial charge in [-0.25, -0.2) is 13.4 Å². The molecule has 3 nitrogen and oxygen atoms in total. The first-order valence-electron chi connectivity index (χ1n) is 2.94. The van der Waals surface area contributed by atoms with Crippen molar-refractivity contribution in [3.63, 3.8) is 0 Å². The molecule has 62 valence electrons. The Morgan fingerprint density at radius 2 is 2.00 bits per heavy atom. The Bertz CT molecular complexity index is 298. The van der Waals surface area contributed by atoms with Crippen molar-refractivity contribution in [3.05, 3.63) is 24.3 Å². The topological polar surface area (TPSA) is 46.5 Å². The highest BCUT2D eigenvalue weighted by molar-refractivity contribution is 7.94. The smallest absolute Gasteiger partial charge is 0.192 e. The number of hydrogen-bond donors (Lipinski definition) is 0. The monoisotopic (exact) mass is 173 g/mol.